The van der Waals surface area contributed by atoms with E-state index in [1.165, 1.54) is 0 Å². The summed E-state index contributed by atoms with van der Waals surface area (Å²) in [6.45, 7) is 1.12. The highest BCUT2D eigenvalue weighted by Crippen LogP contribution is 2.22. The molecule has 0 radical (unpaired) electrons. The first-order valence-electron chi connectivity index (χ1n) is 6.45. The number of hydrogen-bond donors (Lipinski definition) is 1. The number of methoxy groups -OCH3 is 1. The molecule has 5 heteroatoms. The van der Waals surface area contributed by atoms with E-state index >= 15 is 0 Å². The van der Waals surface area contributed by atoms with E-state index in [9.17, 15) is 4.79 Å². The summed E-state index contributed by atoms with van der Waals surface area (Å²) in [6, 6.07) is 7.06. The molecule has 1 fully saturated rings. The first-order chi connectivity index (χ1) is 9.15. The monoisotopic (exact) mass is 282 g/mol. The molecule has 0 spiro atoms. The van der Waals surface area contributed by atoms with Gasteiger partial charge in [0, 0.05) is 36.8 Å². The second-order valence-electron chi connectivity index (χ2n) is 4.78. The van der Waals surface area contributed by atoms with Gasteiger partial charge in [0.05, 0.1) is 6.10 Å². The van der Waals surface area contributed by atoms with Crippen LogP contribution in [0.1, 0.15) is 23.2 Å². The van der Waals surface area contributed by atoms with Crippen molar-refractivity contribution < 1.29 is 9.53 Å². The maximum Gasteiger partial charge on any atom is 0.254 e. The highest BCUT2D eigenvalue weighted by atomic mass is 35.5. The van der Waals surface area contributed by atoms with Crippen molar-refractivity contribution in [3.05, 3.63) is 34.9 Å². The summed E-state index contributed by atoms with van der Waals surface area (Å²) < 4.78 is 5.36. The topological polar surface area (TPSA) is 55.6 Å². The molecule has 2 rings (SSSR count). The van der Waals surface area contributed by atoms with Crippen molar-refractivity contribution in [2.24, 2.45) is 5.73 Å². The summed E-state index contributed by atoms with van der Waals surface area (Å²) >= 11 is 5.93. The van der Waals surface area contributed by atoms with Crippen molar-refractivity contribution in [1.82, 2.24) is 4.90 Å². The Kier molecular flexibility index (Phi) is 4.80. The molecule has 2 unspecified atom stereocenters. The van der Waals surface area contributed by atoms with E-state index < -0.39 is 0 Å². The highest BCUT2D eigenvalue weighted by molar-refractivity contribution is 6.30. The van der Waals surface area contributed by atoms with E-state index in [1.807, 2.05) is 4.90 Å². The normalized spacial score (nSPS) is 23.4. The van der Waals surface area contributed by atoms with Gasteiger partial charge in [0.2, 0.25) is 0 Å². The fraction of sp³-hybridized carbons (Fsp3) is 0.500. The van der Waals surface area contributed by atoms with Crippen LogP contribution in [0, 0.1) is 0 Å². The third kappa shape index (κ3) is 3.26. The second-order valence-corrected chi connectivity index (χ2v) is 5.22. The Labute approximate surface area is 118 Å². The molecule has 0 aliphatic carbocycles. The minimum atomic E-state index is -0.00694. The Hall–Kier alpha value is -1.10. The lowest BCUT2D eigenvalue weighted by atomic mass is 9.98. The number of rotatable bonds is 3. The molecule has 1 aliphatic heterocycles. The molecule has 2 atom stereocenters. The standard InChI is InChI=1S/C14H19ClN2O2/c1-19-13-5-6-17(12(8-13)9-16)14(18)10-3-2-4-11(15)7-10/h2-4,7,12-13H,5-6,8-9,16H2,1H3. The van der Waals surface area contributed by atoms with Crippen LogP contribution in [0.4, 0.5) is 0 Å². The summed E-state index contributed by atoms with van der Waals surface area (Å²) in [5.74, 6) is -0.00694. The molecule has 2 N–H and O–H groups in total. The maximum atomic E-state index is 12.5. The van der Waals surface area contributed by atoms with E-state index in [0.717, 1.165) is 12.8 Å². The summed E-state index contributed by atoms with van der Waals surface area (Å²) in [7, 11) is 1.70. The third-order valence-electron chi connectivity index (χ3n) is 3.61. The van der Waals surface area contributed by atoms with Crippen LogP contribution in [0.2, 0.25) is 5.02 Å². The summed E-state index contributed by atoms with van der Waals surface area (Å²) in [6.07, 6.45) is 1.83. The lowest BCUT2D eigenvalue weighted by molar-refractivity contribution is 0.0139. The van der Waals surface area contributed by atoms with Gasteiger partial charge in [0.15, 0.2) is 0 Å². The highest BCUT2D eigenvalue weighted by Gasteiger charge is 2.31. The fourth-order valence-corrected chi connectivity index (χ4v) is 2.70. The molecular formula is C14H19ClN2O2. The predicted molar refractivity (Wildman–Crippen MR) is 75.4 cm³/mol. The van der Waals surface area contributed by atoms with Crippen molar-refractivity contribution >= 4 is 17.5 Å². The van der Waals surface area contributed by atoms with E-state index in [4.69, 9.17) is 22.1 Å². The van der Waals surface area contributed by atoms with E-state index in [-0.39, 0.29) is 18.1 Å². The number of piperidine rings is 1. The number of carbonyl (C=O) groups excluding carboxylic acids is 1. The Balaban J connectivity index is 2.14. The van der Waals surface area contributed by atoms with Gasteiger partial charge in [-0.1, -0.05) is 17.7 Å². The Morgan fingerprint density at radius 1 is 1.58 bits per heavy atom. The Bertz CT molecular complexity index is 453. The molecule has 0 saturated carbocycles. The Morgan fingerprint density at radius 2 is 2.37 bits per heavy atom. The first kappa shape index (κ1) is 14.3. The van der Waals surface area contributed by atoms with Crippen LogP contribution in [0.3, 0.4) is 0 Å². The smallest absolute Gasteiger partial charge is 0.254 e. The van der Waals surface area contributed by atoms with Gasteiger partial charge in [-0.25, -0.2) is 0 Å². The SMILES string of the molecule is COC1CCN(C(=O)c2cccc(Cl)c2)C(CN)C1. The number of carbonyl (C=O) groups is 1. The van der Waals surface area contributed by atoms with Crippen LogP contribution in [0.25, 0.3) is 0 Å². The molecule has 1 saturated heterocycles. The molecular weight excluding hydrogens is 264 g/mol. The van der Waals surface area contributed by atoms with Gasteiger partial charge in [0.1, 0.15) is 0 Å². The second kappa shape index (κ2) is 6.37. The zero-order valence-electron chi connectivity index (χ0n) is 11.0. The molecule has 1 amide bonds. The third-order valence-corrected chi connectivity index (χ3v) is 3.84. The molecule has 1 aromatic rings. The zero-order valence-corrected chi connectivity index (χ0v) is 11.8. The van der Waals surface area contributed by atoms with E-state index in [2.05, 4.69) is 0 Å². The zero-order chi connectivity index (χ0) is 13.8. The number of ether oxygens (including phenoxy) is 1. The minimum absolute atomic E-state index is 0.00694. The number of hydrogen-bond acceptors (Lipinski definition) is 3. The lowest BCUT2D eigenvalue weighted by Crippen LogP contribution is -2.51. The van der Waals surface area contributed by atoms with Crippen LogP contribution in [0.15, 0.2) is 24.3 Å². The fourth-order valence-electron chi connectivity index (χ4n) is 2.51. The average molecular weight is 283 g/mol. The van der Waals surface area contributed by atoms with Gasteiger partial charge in [-0.3, -0.25) is 4.79 Å². The molecule has 1 aliphatic rings. The Morgan fingerprint density at radius 3 is 3.00 bits per heavy atom. The van der Waals surface area contributed by atoms with Crippen LogP contribution < -0.4 is 5.73 Å². The van der Waals surface area contributed by atoms with Gasteiger partial charge >= 0.3 is 0 Å². The summed E-state index contributed by atoms with van der Waals surface area (Å²) in [5.41, 5.74) is 6.39. The first-order valence-corrected chi connectivity index (χ1v) is 6.83. The summed E-state index contributed by atoms with van der Waals surface area (Å²) in [5, 5.41) is 0.571. The quantitative estimate of drug-likeness (QED) is 0.921. The average Bonchev–Trinajstić information content (AvgIpc) is 2.45. The van der Waals surface area contributed by atoms with E-state index in [1.54, 1.807) is 31.4 Å². The number of benzene rings is 1. The maximum absolute atomic E-state index is 12.5. The largest absolute Gasteiger partial charge is 0.381 e. The molecule has 104 valence electrons. The number of halogens is 1. The van der Waals surface area contributed by atoms with Crippen LogP contribution >= 0.6 is 11.6 Å². The summed E-state index contributed by atoms with van der Waals surface area (Å²) in [4.78, 5) is 14.3. The number of likely N-dealkylation sites (tertiary alicyclic amines) is 1. The van der Waals surface area contributed by atoms with Crippen molar-refractivity contribution in [3.63, 3.8) is 0 Å². The molecule has 1 heterocycles. The van der Waals surface area contributed by atoms with Crippen molar-refractivity contribution in [1.29, 1.82) is 0 Å². The number of nitrogens with zero attached hydrogens (tertiary/aromatic N) is 1. The molecule has 4 nitrogen and oxygen atoms in total. The van der Waals surface area contributed by atoms with Crippen LogP contribution in [0.5, 0.6) is 0 Å². The van der Waals surface area contributed by atoms with Gasteiger partial charge in [0.25, 0.3) is 5.91 Å². The number of amides is 1. The molecule has 19 heavy (non-hydrogen) atoms. The lowest BCUT2D eigenvalue weighted by Gasteiger charge is -2.38. The van der Waals surface area contributed by atoms with Gasteiger partial charge < -0.3 is 15.4 Å². The van der Waals surface area contributed by atoms with E-state index in [0.29, 0.717) is 23.7 Å². The molecule has 0 aromatic heterocycles. The van der Waals surface area contributed by atoms with Crippen molar-refractivity contribution in [2.45, 2.75) is 25.0 Å². The molecule has 0 bridgehead atoms. The minimum Gasteiger partial charge on any atom is -0.381 e. The van der Waals surface area contributed by atoms with Crippen molar-refractivity contribution in [3.8, 4) is 0 Å². The number of nitrogens with two attached hydrogens (primary N) is 1. The van der Waals surface area contributed by atoms with Crippen LogP contribution in [-0.4, -0.2) is 43.2 Å². The predicted octanol–water partition coefficient (Wildman–Crippen LogP) is 1.92. The van der Waals surface area contributed by atoms with Crippen LogP contribution in [-0.2, 0) is 4.74 Å². The van der Waals surface area contributed by atoms with Crippen molar-refractivity contribution in [2.75, 3.05) is 20.2 Å². The van der Waals surface area contributed by atoms with Gasteiger partial charge in [-0.05, 0) is 31.0 Å². The molecule has 1 aromatic carbocycles. The van der Waals surface area contributed by atoms with Gasteiger partial charge in [-0.2, -0.15) is 0 Å². The van der Waals surface area contributed by atoms with Gasteiger partial charge in [-0.15, -0.1) is 0 Å².